The molecule has 0 aliphatic rings. The third-order valence-corrected chi connectivity index (χ3v) is 0.467. The fourth-order valence-corrected chi connectivity index (χ4v) is 0. The number of nitrogens with two attached hydrogens (primary N) is 1. The van der Waals surface area contributed by atoms with Crippen LogP contribution in [0.2, 0.25) is 0 Å². The van der Waals surface area contributed by atoms with E-state index < -0.39 is 11.9 Å². The van der Waals surface area contributed by atoms with Crippen molar-refractivity contribution in [2.24, 2.45) is 5.73 Å². The minimum Gasteiger partial charge on any atom is -0.478 e. The second-order valence-electron chi connectivity index (χ2n) is 1.48. The van der Waals surface area contributed by atoms with Gasteiger partial charge in [0.05, 0.1) is 6.07 Å². The summed E-state index contributed by atoms with van der Waals surface area (Å²) in [5, 5.41) is 15.1. The predicted octanol–water partition coefficient (Wildman–Crippen LogP) is 0.773. The molecule has 6 N–H and O–H groups in total. The molecule has 0 radical (unpaired) electrons. The molecule has 0 aliphatic heterocycles. The molecule has 0 saturated carbocycles. The highest BCUT2D eigenvalue weighted by Crippen LogP contribution is 1.54. The fourth-order valence-electron chi connectivity index (χ4n) is 0. The van der Waals surface area contributed by atoms with E-state index in [9.17, 15) is 9.59 Å². The van der Waals surface area contributed by atoms with Gasteiger partial charge in [0.15, 0.2) is 0 Å². The number of allylic oxidation sites excluding steroid dienone is 1. The van der Waals surface area contributed by atoms with Crippen LogP contribution in [0.1, 0.15) is 0 Å². The number of hydrogen-bond donors (Lipinski definition) is 3. The topological polar surface area (TPSA) is 139 Å². The Bertz CT molecular complexity index is 236. The summed E-state index contributed by atoms with van der Waals surface area (Å²) in [4.78, 5) is 18.7. The fraction of sp³-hybridized carbons (Fsp3) is 0. The second-order valence-corrected chi connectivity index (χ2v) is 1.48. The van der Waals surface area contributed by atoms with Gasteiger partial charge in [0, 0.05) is 12.2 Å². The van der Waals surface area contributed by atoms with Crippen molar-refractivity contribution in [3.05, 3.63) is 38.0 Å². The average Bonchev–Trinajstić information content (AvgIpc) is 2.19. The Kier molecular flexibility index (Phi) is 34.5. The van der Waals surface area contributed by atoms with Crippen LogP contribution >= 0.6 is 0 Å². The average molecular weight is 213 g/mol. The second kappa shape index (κ2) is 22.6. The number of rotatable bonds is 2. The van der Waals surface area contributed by atoms with Gasteiger partial charge in [-0.05, 0) is 6.08 Å². The number of aliphatic carboxylic acids is 1. The molecule has 15 heavy (non-hydrogen) atoms. The number of amides is 1. The summed E-state index contributed by atoms with van der Waals surface area (Å²) >= 11 is 0. The lowest BCUT2D eigenvalue weighted by Crippen LogP contribution is -2.04. The number of nitriles is 1. The summed E-state index contributed by atoms with van der Waals surface area (Å²) in [5.74, 6) is -1.46. The van der Waals surface area contributed by atoms with E-state index in [2.05, 4.69) is 25.5 Å². The molecule has 6 nitrogen and oxygen atoms in total. The molecule has 84 valence electrons. The minimum atomic E-state index is -0.981. The van der Waals surface area contributed by atoms with E-state index in [1.807, 2.05) is 0 Å². The number of carbonyl (C=O) groups is 2. The Balaban J connectivity index is -0.0000000590. The molecule has 0 aromatic rings. The summed E-state index contributed by atoms with van der Waals surface area (Å²) in [5.41, 5.74) is 4.53. The van der Waals surface area contributed by atoms with Gasteiger partial charge in [0.25, 0.3) is 0 Å². The molecule has 0 unspecified atom stereocenters. The molecule has 0 bridgehead atoms. The first-order chi connectivity index (χ1) is 6.45. The maximum atomic E-state index is 9.47. The molecular weight excluding hydrogens is 198 g/mol. The van der Waals surface area contributed by atoms with E-state index >= 15 is 0 Å². The Hall–Kier alpha value is -2.39. The van der Waals surface area contributed by atoms with Crippen molar-refractivity contribution in [3.63, 3.8) is 0 Å². The maximum Gasteiger partial charge on any atom is 0.327 e. The van der Waals surface area contributed by atoms with Crippen molar-refractivity contribution in [1.82, 2.24) is 6.15 Å². The van der Waals surface area contributed by atoms with Crippen molar-refractivity contribution in [2.75, 3.05) is 0 Å². The molecule has 0 saturated heterocycles. The first-order valence-electron chi connectivity index (χ1n) is 3.23. The zero-order valence-corrected chi connectivity index (χ0v) is 8.35. The molecule has 0 rings (SSSR count). The van der Waals surface area contributed by atoms with Crippen LogP contribution in [0.5, 0.6) is 0 Å². The van der Waals surface area contributed by atoms with Gasteiger partial charge >= 0.3 is 5.97 Å². The zero-order chi connectivity index (χ0) is 12.0. The molecule has 0 fully saturated rings. The van der Waals surface area contributed by atoms with Gasteiger partial charge in [-0.3, -0.25) is 4.79 Å². The molecular formula is C9H15N3O3. The molecule has 0 aliphatic carbocycles. The molecule has 0 aromatic carbocycles. The van der Waals surface area contributed by atoms with Crippen LogP contribution in [0, 0.1) is 11.3 Å². The van der Waals surface area contributed by atoms with Gasteiger partial charge in [-0.1, -0.05) is 19.7 Å². The lowest BCUT2D eigenvalue weighted by Gasteiger charge is -1.65. The Labute approximate surface area is 88.6 Å². The van der Waals surface area contributed by atoms with E-state index in [4.69, 9.17) is 10.4 Å². The largest absolute Gasteiger partial charge is 0.478 e. The van der Waals surface area contributed by atoms with Gasteiger partial charge in [-0.15, -0.1) is 0 Å². The van der Waals surface area contributed by atoms with Crippen LogP contribution in [0.25, 0.3) is 0 Å². The summed E-state index contributed by atoms with van der Waals surface area (Å²) in [6.07, 6.45) is 3.07. The molecule has 0 aromatic heterocycles. The highest BCUT2D eigenvalue weighted by atomic mass is 16.4. The number of nitrogens with zero attached hydrogens (tertiary/aromatic N) is 1. The molecule has 0 heterocycles. The third kappa shape index (κ3) is 157. The standard InChI is InChI=1S/C3H5NO.C3H3N.C3H4O2.H3N/c1-2-3(4)5;1-2-3-4;1-2-3(4)5;/h2H,1H2,(H2,4,5);2H,1H2;2H,1H2,(H,4,5);1H3. The van der Waals surface area contributed by atoms with Gasteiger partial charge in [-0.2, -0.15) is 5.26 Å². The lowest BCUT2D eigenvalue weighted by molar-refractivity contribution is -0.131. The van der Waals surface area contributed by atoms with Crippen molar-refractivity contribution < 1.29 is 14.7 Å². The summed E-state index contributed by atoms with van der Waals surface area (Å²) < 4.78 is 0. The smallest absolute Gasteiger partial charge is 0.327 e. The Morgan fingerprint density at radius 3 is 1.47 bits per heavy atom. The SMILES string of the molecule is C=CC#N.C=CC(=O)O.C=CC(N)=O.N. The Morgan fingerprint density at radius 1 is 1.27 bits per heavy atom. The molecule has 0 atom stereocenters. The number of carbonyl (C=O) groups excluding carboxylic acids is 1. The van der Waals surface area contributed by atoms with Crippen molar-refractivity contribution >= 4 is 11.9 Å². The van der Waals surface area contributed by atoms with Crippen LogP contribution in [0.4, 0.5) is 0 Å². The van der Waals surface area contributed by atoms with E-state index in [0.29, 0.717) is 0 Å². The van der Waals surface area contributed by atoms with Crippen LogP contribution in [0.15, 0.2) is 38.0 Å². The van der Waals surface area contributed by atoms with Crippen LogP contribution in [0.3, 0.4) is 0 Å². The first kappa shape index (κ1) is 22.9. The summed E-state index contributed by atoms with van der Waals surface area (Å²) in [7, 11) is 0. The normalized spacial score (nSPS) is 5.27. The number of hydrogen-bond acceptors (Lipinski definition) is 4. The van der Waals surface area contributed by atoms with Gasteiger partial charge < -0.3 is 17.0 Å². The van der Waals surface area contributed by atoms with Gasteiger partial charge in [0.2, 0.25) is 5.91 Å². The third-order valence-electron chi connectivity index (χ3n) is 0.467. The minimum absolute atomic E-state index is 0. The van der Waals surface area contributed by atoms with E-state index in [0.717, 1.165) is 12.2 Å². The van der Waals surface area contributed by atoms with Crippen LogP contribution < -0.4 is 11.9 Å². The van der Waals surface area contributed by atoms with E-state index in [-0.39, 0.29) is 6.15 Å². The number of carboxylic acid groups (broad SMARTS) is 1. The molecule has 0 spiro atoms. The monoisotopic (exact) mass is 213 g/mol. The Morgan fingerprint density at radius 2 is 1.47 bits per heavy atom. The number of carboxylic acids is 1. The predicted molar refractivity (Wildman–Crippen MR) is 58.1 cm³/mol. The van der Waals surface area contributed by atoms with Crippen LogP contribution in [-0.2, 0) is 9.59 Å². The van der Waals surface area contributed by atoms with Crippen LogP contribution in [-0.4, -0.2) is 17.0 Å². The number of primary amides is 1. The molecule has 6 heteroatoms. The maximum absolute atomic E-state index is 9.47. The summed E-state index contributed by atoms with van der Waals surface area (Å²) in [6, 6.07) is 1.69. The van der Waals surface area contributed by atoms with Crippen molar-refractivity contribution in [3.8, 4) is 6.07 Å². The van der Waals surface area contributed by atoms with Crippen molar-refractivity contribution in [1.29, 1.82) is 5.26 Å². The quantitative estimate of drug-likeness (QED) is 0.459. The van der Waals surface area contributed by atoms with E-state index in [1.54, 1.807) is 6.07 Å². The first-order valence-corrected chi connectivity index (χ1v) is 3.23. The van der Waals surface area contributed by atoms with E-state index in [1.165, 1.54) is 6.08 Å². The van der Waals surface area contributed by atoms with Crippen molar-refractivity contribution in [2.45, 2.75) is 0 Å². The lowest BCUT2D eigenvalue weighted by atomic mass is 10.6. The highest BCUT2D eigenvalue weighted by molar-refractivity contribution is 5.84. The van der Waals surface area contributed by atoms with Gasteiger partial charge in [0.1, 0.15) is 0 Å². The highest BCUT2D eigenvalue weighted by Gasteiger charge is 1.73. The van der Waals surface area contributed by atoms with Gasteiger partial charge in [-0.25, -0.2) is 4.79 Å². The zero-order valence-electron chi connectivity index (χ0n) is 8.35. The summed E-state index contributed by atoms with van der Waals surface area (Å²) in [6.45, 7) is 9.16. The molecule has 1 amide bonds.